The number of hydrogen-bond acceptors (Lipinski definition) is 8. The molecule has 7 N–H and O–H groups in total. The van der Waals surface area contributed by atoms with Gasteiger partial charge in [0.1, 0.15) is 7.38 Å². The van der Waals surface area contributed by atoms with Crippen LogP contribution >= 0.6 is 11.1 Å². The van der Waals surface area contributed by atoms with Crippen LogP contribution < -0.4 is 0 Å². The Morgan fingerprint density at radius 2 is 0.852 bits per heavy atom. The number of halogens is 1. The average molecular weight is 475 g/mol. The number of hydrogen-bond donors (Lipinski definition) is 7. The van der Waals surface area contributed by atoms with E-state index in [-0.39, 0.29) is 0 Å². The van der Waals surface area contributed by atoms with E-state index in [0.717, 1.165) is 0 Å². The Morgan fingerprint density at radius 1 is 0.630 bits per heavy atom. The summed E-state index contributed by atoms with van der Waals surface area (Å²) in [5, 5.41) is 0. The molecule has 0 saturated heterocycles. The fraction of sp³-hybridized carbons (Fsp3) is 0.571. The maximum atomic E-state index is 8.42. The molecule has 0 unspecified atom stereocenters. The van der Waals surface area contributed by atoms with E-state index >= 15 is 0 Å². The summed E-state index contributed by atoms with van der Waals surface area (Å²) in [7, 11) is -12.0. The third-order valence-corrected chi connectivity index (χ3v) is 4.43. The molecule has 0 aromatic carbocycles. The first-order valence-electron chi connectivity index (χ1n) is 7.41. The molecule has 0 aliphatic carbocycles. The van der Waals surface area contributed by atoms with E-state index in [2.05, 4.69) is 59.3 Å². The van der Waals surface area contributed by atoms with Gasteiger partial charge in [0.15, 0.2) is 8.32 Å². The molecule has 0 aliphatic rings. The van der Waals surface area contributed by atoms with Gasteiger partial charge in [0.2, 0.25) is 0 Å². The van der Waals surface area contributed by atoms with Crippen LogP contribution in [-0.2, 0) is 4.12 Å². The molecule has 0 amide bonds. The van der Waals surface area contributed by atoms with Gasteiger partial charge in [-0.25, -0.2) is 0 Å². The van der Waals surface area contributed by atoms with Crippen LogP contribution in [0.25, 0.3) is 0 Å². The molecule has 0 radical (unpaired) electrons. The van der Waals surface area contributed by atoms with Gasteiger partial charge in [-0.2, -0.15) is 11.1 Å². The van der Waals surface area contributed by atoms with Gasteiger partial charge < -0.3 is 37.7 Å². The lowest BCUT2D eigenvalue weighted by Gasteiger charge is -2.20. The Balaban J connectivity index is -0.000000135. The van der Waals surface area contributed by atoms with Crippen LogP contribution in [0.15, 0.2) is 0 Å². The van der Waals surface area contributed by atoms with Gasteiger partial charge in [0.05, 0.1) is 0 Å². The van der Waals surface area contributed by atoms with Gasteiger partial charge in [-0.05, 0) is 57.2 Å². The summed E-state index contributed by atoms with van der Waals surface area (Å²) in [6.07, 6.45) is 0. The van der Waals surface area contributed by atoms with Crippen LogP contribution in [0, 0.1) is 35.5 Å². The Labute approximate surface area is 171 Å². The van der Waals surface area contributed by atoms with E-state index in [4.69, 9.17) is 44.6 Å². The third kappa shape index (κ3) is 128. The van der Waals surface area contributed by atoms with Crippen molar-refractivity contribution >= 4 is 44.9 Å². The second-order valence-corrected chi connectivity index (χ2v) is 21.4. The average Bonchev–Trinajstić information content (AvgIpc) is 2.26. The number of rotatable bonds is 2. The molecule has 0 aliphatic heterocycles. The molecule has 8 nitrogen and oxygen atoms in total. The topological polar surface area (TPSA) is 151 Å². The van der Waals surface area contributed by atoms with Gasteiger partial charge in [-0.15, -0.1) is 0 Å². The first-order chi connectivity index (χ1) is 11.6. The normalized spacial score (nSPS) is 10.2. The molecule has 0 saturated carbocycles. The Bertz CT molecular complexity index is 495. The van der Waals surface area contributed by atoms with Crippen LogP contribution in [0.1, 0.15) is 13.8 Å². The van der Waals surface area contributed by atoms with Crippen LogP contribution in [0.2, 0.25) is 39.3 Å². The molecule has 0 rings (SSSR count). The minimum Gasteiger partial charge on any atom is -0.395 e. The summed E-state index contributed by atoms with van der Waals surface area (Å²) >= 11 is 5.67. The van der Waals surface area contributed by atoms with Gasteiger partial charge in [-0.1, -0.05) is 31.5 Å². The lowest BCUT2D eigenvalue weighted by Crippen LogP contribution is -2.47. The molecule has 0 fully saturated rings. The molecule has 0 atom stereocenters. The fourth-order valence-electron chi connectivity index (χ4n) is 0.598. The molecule has 158 valence electrons. The molecule has 13 heteroatoms. The Morgan fingerprint density at radius 3 is 0.926 bits per heavy atom. The first-order valence-corrected chi connectivity index (χ1v) is 18.9. The zero-order valence-electron chi connectivity index (χ0n) is 16.9. The molecule has 0 bridgehead atoms. The van der Waals surface area contributed by atoms with Gasteiger partial charge >= 0.3 is 18.1 Å². The molecule has 0 heterocycles. The molecule has 0 spiro atoms. The smallest absolute Gasteiger partial charge is 0.395 e. The van der Waals surface area contributed by atoms with Gasteiger partial charge in [-0.3, -0.25) is 0 Å². The molecule has 27 heavy (non-hydrogen) atoms. The molecular formula is C14H31ClO8Si4. The zero-order valence-corrected chi connectivity index (χ0v) is 21.7. The third-order valence-electron chi connectivity index (χ3n) is 0.881. The maximum Gasteiger partial charge on any atom is 0.668 e. The van der Waals surface area contributed by atoms with Crippen molar-refractivity contribution in [3.8, 4) is 35.5 Å². The molecular weight excluding hydrogens is 444 g/mol. The minimum absolute atomic E-state index is 1.14. The van der Waals surface area contributed by atoms with E-state index in [0.29, 0.717) is 0 Å². The summed E-state index contributed by atoms with van der Waals surface area (Å²) < 4.78 is 4.57. The lowest BCUT2D eigenvalue weighted by atomic mass is 10.5. The van der Waals surface area contributed by atoms with E-state index < -0.39 is 33.8 Å². The summed E-state index contributed by atoms with van der Waals surface area (Å²) in [5.74, 6) is 15.5. The first kappa shape index (κ1) is 34.1. The molecule has 0 aromatic heterocycles. The van der Waals surface area contributed by atoms with Crippen molar-refractivity contribution < 1.29 is 37.7 Å². The standard InChI is InChI=1S/C8H6.C3H9ClSi.C3H12O4Si2.H4O4Si/c1-3-5-7-8-6-4-2;1-5(2,3)4;1-8(2,3)7-9(4,5)6;1-5(2,3)4/h1-2H3;1-3H3;4-6H,1-3H3;1-4H. The van der Waals surface area contributed by atoms with Crippen molar-refractivity contribution in [2.75, 3.05) is 0 Å². The summed E-state index contributed by atoms with van der Waals surface area (Å²) in [6.45, 7) is 15.0. The Hall–Kier alpha value is -0.482. The highest BCUT2D eigenvalue weighted by Gasteiger charge is 2.36. The van der Waals surface area contributed by atoms with Crippen LogP contribution in [0.3, 0.4) is 0 Å². The highest BCUT2D eigenvalue weighted by atomic mass is 35.6. The molecule has 0 aromatic rings. The van der Waals surface area contributed by atoms with Gasteiger partial charge in [0, 0.05) is 0 Å². The minimum atomic E-state index is -4.61. The zero-order chi connectivity index (χ0) is 22.9. The SMILES string of the molecule is CC#CC#CC#CC.C[Si](C)(C)Cl.C[Si](C)(C)O[Si](O)(O)O.O[Si](O)(O)O. The monoisotopic (exact) mass is 474 g/mol. The van der Waals surface area contributed by atoms with E-state index in [1.54, 1.807) is 33.5 Å². The summed E-state index contributed by atoms with van der Waals surface area (Å²) in [4.78, 5) is 54.6. The van der Waals surface area contributed by atoms with Crippen molar-refractivity contribution in [1.82, 2.24) is 0 Å². The summed E-state index contributed by atoms with van der Waals surface area (Å²) in [5.41, 5.74) is 0. The van der Waals surface area contributed by atoms with Crippen molar-refractivity contribution in [3.05, 3.63) is 0 Å². The highest BCUT2D eigenvalue weighted by Crippen LogP contribution is 2.06. The second kappa shape index (κ2) is 16.5. The highest BCUT2D eigenvalue weighted by molar-refractivity contribution is 7.18. The van der Waals surface area contributed by atoms with Crippen molar-refractivity contribution in [3.63, 3.8) is 0 Å². The Kier molecular flexibility index (Phi) is 20.8. The second-order valence-electron chi connectivity index (χ2n) is 6.46. The fourth-order valence-corrected chi connectivity index (χ4v) is 3.88. The lowest BCUT2D eigenvalue weighted by molar-refractivity contribution is 0.117. The maximum absolute atomic E-state index is 8.42. The van der Waals surface area contributed by atoms with E-state index in [1.165, 1.54) is 0 Å². The van der Waals surface area contributed by atoms with Crippen LogP contribution in [0.4, 0.5) is 0 Å². The van der Waals surface area contributed by atoms with Crippen LogP contribution in [0.5, 0.6) is 0 Å². The quantitative estimate of drug-likeness (QED) is 0.164. The van der Waals surface area contributed by atoms with Gasteiger partial charge in [0.25, 0.3) is 0 Å². The predicted octanol–water partition coefficient (Wildman–Crippen LogP) is -0.262. The van der Waals surface area contributed by atoms with E-state index in [1.807, 2.05) is 0 Å². The van der Waals surface area contributed by atoms with Crippen molar-refractivity contribution in [2.45, 2.75) is 53.1 Å². The van der Waals surface area contributed by atoms with Crippen molar-refractivity contribution in [2.24, 2.45) is 0 Å². The van der Waals surface area contributed by atoms with Crippen LogP contribution in [-0.4, -0.2) is 67.4 Å². The van der Waals surface area contributed by atoms with Crippen molar-refractivity contribution in [1.29, 1.82) is 0 Å². The predicted molar refractivity (Wildman–Crippen MR) is 115 cm³/mol. The summed E-state index contributed by atoms with van der Waals surface area (Å²) in [6, 6.07) is 0. The van der Waals surface area contributed by atoms with E-state index in [9.17, 15) is 0 Å². The largest absolute Gasteiger partial charge is 0.668 e.